The number of nitrogens with one attached hydrogen (secondary N) is 1. The second kappa shape index (κ2) is 7.63. The Morgan fingerprint density at radius 3 is 2.90 bits per heavy atom. The minimum atomic E-state index is 0.417. The maximum Gasteiger partial charge on any atom is 0.131 e. The van der Waals surface area contributed by atoms with Crippen LogP contribution in [0.5, 0.6) is 0 Å². The first-order valence-corrected chi connectivity index (χ1v) is 8.00. The Balaban J connectivity index is 1.87. The van der Waals surface area contributed by atoms with Crippen LogP contribution in [0.3, 0.4) is 0 Å². The summed E-state index contributed by atoms with van der Waals surface area (Å²) in [5, 5.41) is 3.38. The molecule has 1 aromatic heterocycles. The maximum absolute atomic E-state index is 6.13. The van der Waals surface area contributed by atoms with Crippen molar-refractivity contribution in [3.63, 3.8) is 0 Å². The van der Waals surface area contributed by atoms with Crippen LogP contribution in [0.4, 0.5) is 5.82 Å². The Bertz CT molecular complexity index is 408. The van der Waals surface area contributed by atoms with E-state index in [1.54, 1.807) is 0 Å². The maximum atomic E-state index is 6.13. The summed E-state index contributed by atoms with van der Waals surface area (Å²) >= 11 is 0. The number of anilines is 1. The lowest BCUT2D eigenvalue weighted by Crippen LogP contribution is -2.26. The van der Waals surface area contributed by atoms with Crippen LogP contribution in [0, 0.1) is 11.8 Å². The Morgan fingerprint density at radius 1 is 1.30 bits per heavy atom. The van der Waals surface area contributed by atoms with Crippen LogP contribution < -0.4 is 5.32 Å². The second-order valence-electron chi connectivity index (χ2n) is 6.14. The lowest BCUT2D eigenvalue weighted by Gasteiger charge is -2.32. The summed E-state index contributed by atoms with van der Waals surface area (Å²) in [5.74, 6) is 2.60. The third-order valence-corrected chi connectivity index (χ3v) is 4.46. The predicted octanol–water partition coefficient (Wildman–Crippen LogP) is 4.24. The SMILES string of the molecule is CCCNc1ncccc1COC1CCC(C)C(C)C1. The Labute approximate surface area is 123 Å². The lowest BCUT2D eigenvalue weighted by molar-refractivity contribution is -0.00732. The Hall–Kier alpha value is -1.09. The molecule has 0 saturated heterocycles. The molecule has 112 valence electrons. The summed E-state index contributed by atoms with van der Waals surface area (Å²) in [6.07, 6.45) is 7.05. The van der Waals surface area contributed by atoms with Crippen LogP contribution in [-0.2, 0) is 11.3 Å². The summed E-state index contributed by atoms with van der Waals surface area (Å²) in [6.45, 7) is 8.50. The summed E-state index contributed by atoms with van der Waals surface area (Å²) in [4.78, 5) is 4.42. The number of hydrogen-bond donors (Lipinski definition) is 1. The van der Waals surface area contributed by atoms with Crippen molar-refractivity contribution in [3.05, 3.63) is 23.9 Å². The average Bonchev–Trinajstić information content (AvgIpc) is 2.47. The van der Waals surface area contributed by atoms with E-state index < -0.39 is 0 Å². The van der Waals surface area contributed by atoms with Gasteiger partial charge in [-0.15, -0.1) is 0 Å². The monoisotopic (exact) mass is 276 g/mol. The minimum Gasteiger partial charge on any atom is -0.373 e. The van der Waals surface area contributed by atoms with Crippen molar-refractivity contribution in [1.29, 1.82) is 0 Å². The lowest BCUT2D eigenvalue weighted by atomic mass is 9.80. The van der Waals surface area contributed by atoms with Crippen LogP contribution in [-0.4, -0.2) is 17.6 Å². The molecule has 1 N–H and O–H groups in total. The molecule has 3 nitrogen and oxygen atoms in total. The van der Waals surface area contributed by atoms with Crippen molar-refractivity contribution >= 4 is 5.82 Å². The van der Waals surface area contributed by atoms with Gasteiger partial charge in [-0.05, 0) is 43.6 Å². The van der Waals surface area contributed by atoms with E-state index in [2.05, 4.69) is 37.1 Å². The van der Waals surface area contributed by atoms with Gasteiger partial charge in [-0.25, -0.2) is 4.98 Å². The van der Waals surface area contributed by atoms with E-state index in [9.17, 15) is 0 Å². The van der Waals surface area contributed by atoms with E-state index in [1.807, 2.05) is 12.3 Å². The molecule has 2 rings (SSSR count). The van der Waals surface area contributed by atoms with Crippen molar-refractivity contribution < 1.29 is 4.74 Å². The molecule has 0 aromatic carbocycles. The van der Waals surface area contributed by atoms with Crippen molar-refractivity contribution in [2.45, 2.75) is 59.2 Å². The molecule has 3 unspecified atom stereocenters. The van der Waals surface area contributed by atoms with Gasteiger partial charge in [0, 0.05) is 18.3 Å². The highest BCUT2D eigenvalue weighted by Crippen LogP contribution is 2.31. The molecule has 20 heavy (non-hydrogen) atoms. The molecule has 0 spiro atoms. The summed E-state index contributed by atoms with van der Waals surface area (Å²) in [6, 6.07) is 4.10. The van der Waals surface area contributed by atoms with Gasteiger partial charge in [0.15, 0.2) is 0 Å². The van der Waals surface area contributed by atoms with Gasteiger partial charge in [-0.2, -0.15) is 0 Å². The molecule has 3 heteroatoms. The third kappa shape index (κ3) is 4.20. The fourth-order valence-electron chi connectivity index (χ4n) is 2.81. The van der Waals surface area contributed by atoms with Crippen molar-refractivity contribution in [1.82, 2.24) is 4.98 Å². The largest absolute Gasteiger partial charge is 0.373 e. The number of nitrogens with zero attached hydrogens (tertiary/aromatic N) is 1. The molecule has 1 fully saturated rings. The molecule has 1 aliphatic rings. The van der Waals surface area contributed by atoms with Crippen LogP contribution >= 0.6 is 0 Å². The average molecular weight is 276 g/mol. The first-order valence-electron chi connectivity index (χ1n) is 8.00. The molecule has 0 amide bonds. The number of pyridine rings is 1. The molecule has 0 bridgehead atoms. The standard InChI is InChI=1S/C17H28N2O/c1-4-9-18-17-15(6-5-10-19-17)12-20-16-8-7-13(2)14(3)11-16/h5-6,10,13-14,16H,4,7-9,11-12H2,1-3H3,(H,18,19). The number of ether oxygens (including phenoxy) is 1. The molecule has 0 radical (unpaired) electrons. The molecule has 1 aliphatic carbocycles. The smallest absolute Gasteiger partial charge is 0.131 e. The van der Waals surface area contributed by atoms with Gasteiger partial charge in [-0.3, -0.25) is 0 Å². The molecular formula is C17H28N2O. The van der Waals surface area contributed by atoms with E-state index in [4.69, 9.17) is 4.74 Å². The summed E-state index contributed by atoms with van der Waals surface area (Å²) < 4.78 is 6.13. The second-order valence-corrected chi connectivity index (χ2v) is 6.14. The van der Waals surface area contributed by atoms with E-state index in [0.29, 0.717) is 12.7 Å². The molecule has 3 atom stereocenters. The van der Waals surface area contributed by atoms with Crippen LogP contribution in [0.25, 0.3) is 0 Å². The van der Waals surface area contributed by atoms with Crippen molar-refractivity contribution in [3.8, 4) is 0 Å². The highest BCUT2D eigenvalue weighted by molar-refractivity contribution is 5.43. The van der Waals surface area contributed by atoms with Crippen LogP contribution in [0.15, 0.2) is 18.3 Å². The molecule has 0 aliphatic heterocycles. The van der Waals surface area contributed by atoms with E-state index in [-0.39, 0.29) is 0 Å². The van der Waals surface area contributed by atoms with Crippen molar-refractivity contribution in [2.24, 2.45) is 11.8 Å². The highest BCUT2D eigenvalue weighted by Gasteiger charge is 2.25. The van der Waals surface area contributed by atoms with Gasteiger partial charge in [0.1, 0.15) is 5.82 Å². The normalized spacial score (nSPS) is 26.4. The fourth-order valence-corrected chi connectivity index (χ4v) is 2.81. The zero-order valence-corrected chi connectivity index (χ0v) is 13.1. The minimum absolute atomic E-state index is 0.417. The zero-order valence-electron chi connectivity index (χ0n) is 13.1. The number of aromatic nitrogens is 1. The van der Waals surface area contributed by atoms with Gasteiger partial charge in [0.2, 0.25) is 0 Å². The zero-order chi connectivity index (χ0) is 14.4. The number of rotatable bonds is 6. The van der Waals surface area contributed by atoms with Gasteiger partial charge in [0.25, 0.3) is 0 Å². The fraction of sp³-hybridized carbons (Fsp3) is 0.706. The van der Waals surface area contributed by atoms with Crippen LogP contribution in [0.2, 0.25) is 0 Å². The van der Waals surface area contributed by atoms with Crippen LogP contribution in [0.1, 0.15) is 52.0 Å². The molecule has 1 saturated carbocycles. The molecule has 1 aromatic rings. The van der Waals surface area contributed by atoms with Gasteiger partial charge in [0.05, 0.1) is 12.7 Å². The topological polar surface area (TPSA) is 34.2 Å². The predicted molar refractivity (Wildman–Crippen MR) is 83.8 cm³/mol. The third-order valence-electron chi connectivity index (χ3n) is 4.46. The molecular weight excluding hydrogens is 248 g/mol. The summed E-state index contributed by atoms with van der Waals surface area (Å²) in [5.41, 5.74) is 1.17. The highest BCUT2D eigenvalue weighted by atomic mass is 16.5. The Morgan fingerprint density at radius 2 is 2.15 bits per heavy atom. The quantitative estimate of drug-likeness (QED) is 0.843. The van der Waals surface area contributed by atoms with Gasteiger partial charge < -0.3 is 10.1 Å². The van der Waals surface area contributed by atoms with Gasteiger partial charge in [-0.1, -0.05) is 26.8 Å². The number of hydrogen-bond acceptors (Lipinski definition) is 3. The van der Waals surface area contributed by atoms with E-state index in [0.717, 1.165) is 30.6 Å². The van der Waals surface area contributed by atoms with E-state index in [1.165, 1.54) is 24.8 Å². The first kappa shape index (κ1) is 15.3. The molecule has 1 heterocycles. The Kier molecular flexibility index (Phi) is 5.84. The first-order chi connectivity index (χ1) is 9.70. The van der Waals surface area contributed by atoms with Gasteiger partial charge >= 0.3 is 0 Å². The van der Waals surface area contributed by atoms with E-state index >= 15 is 0 Å². The van der Waals surface area contributed by atoms with Crippen molar-refractivity contribution in [2.75, 3.05) is 11.9 Å². The summed E-state index contributed by atoms with van der Waals surface area (Å²) in [7, 11) is 0.